The smallest absolute Gasteiger partial charge is 0.362 e. The van der Waals surface area contributed by atoms with E-state index in [2.05, 4.69) is 6.92 Å². The van der Waals surface area contributed by atoms with E-state index < -0.39 is 11.9 Å². The normalized spacial score (nSPS) is 11.6. The fourth-order valence-corrected chi connectivity index (χ4v) is 1.77. The van der Waals surface area contributed by atoms with Gasteiger partial charge in [0.05, 0.1) is 6.61 Å². The summed E-state index contributed by atoms with van der Waals surface area (Å²) in [7, 11) is 0. The highest BCUT2D eigenvalue weighted by Crippen LogP contribution is 2.11. The van der Waals surface area contributed by atoms with Crippen molar-refractivity contribution < 1.29 is 35.4 Å². The summed E-state index contributed by atoms with van der Waals surface area (Å²) in [5.41, 5.74) is 0. The Kier molecular flexibility index (Phi) is 11.6. The monoisotopic (exact) mass is 346 g/mol. The van der Waals surface area contributed by atoms with Crippen LogP contribution < -0.4 is 4.74 Å². The zero-order chi connectivity index (χ0) is 18.5. The Hall–Kier alpha value is -1.22. The molecule has 0 bridgehead atoms. The first-order chi connectivity index (χ1) is 11.2. The number of ether oxygens (including phenoxy) is 1. The van der Waals surface area contributed by atoms with E-state index in [4.69, 9.17) is 35.4 Å². The first kappa shape index (κ1) is 22.8. The van der Waals surface area contributed by atoms with Crippen LogP contribution in [0.3, 0.4) is 0 Å². The molecule has 0 heterocycles. The third-order valence-electron chi connectivity index (χ3n) is 3.21. The van der Waals surface area contributed by atoms with Crippen LogP contribution in [0, 0.1) is 0 Å². The van der Waals surface area contributed by atoms with Crippen LogP contribution in [0.15, 0.2) is 30.3 Å². The summed E-state index contributed by atoms with van der Waals surface area (Å²) in [6.45, 7) is 3.12. The zero-order valence-electron chi connectivity index (χ0n) is 14.1. The van der Waals surface area contributed by atoms with Crippen molar-refractivity contribution in [2.24, 2.45) is 0 Å². The minimum Gasteiger partial charge on any atom is -0.494 e. The predicted octanol–water partition coefficient (Wildman–Crippen LogP) is 1.06. The highest BCUT2D eigenvalue weighted by molar-refractivity contribution is 5.20. The van der Waals surface area contributed by atoms with Gasteiger partial charge in [0.25, 0.3) is 0 Å². The molecular weight excluding hydrogens is 316 g/mol. The second-order valence-electron chi connectivity index (χ2n) is 5.55. The predicted molar refractivity (Wildman–Crippen MR) is 88.7 cm³/mol. The van der Waals surface area contributed by atoms with Crippen molar-refractivity contribution >= 4 is 0 Å². The Labute approximate surface area is 142 Å². The molecule has 0 saturated heterocycles. The van der Waals surface area contributed by atoms with Gasteiger partial charge in [-0.25, -0.2) is 0 Å². The summed E-state index contributed by atoms with van der Waals surface area (Å²) in [4.78, 5) is 0. The van der Waals surface area contributed by atoms with E-state index in [1.165, 1.54) is 44.9 Å². The van der Waals surface area contributed by atoms with Crippen molar-refractivity contribution in [2.45, 2.75) is 63.8 Å². The topological polar surface area (TPSA) is 131 Å². The Bertz CT molecular complexity index is 384. The Morgan fingerprint density at radius 2 is 1.17 bits per heavy atom. The van der Waals surface area contributed by atoms with Gasteiger partial charge in [0.2, 0.25) is 0 Å². The first-order valence-electron chi connectivity index (χ1n) is 8.20. The Morgan fingerprint density at radius 1 is 0.708 bits per heavy atom. The molecule has 24 heavy (non-hydrogen) atoms. The van der Waals surface area contributed by atoms with Crippen LogP contribution in [0.25, 0.3) is 0 Å². The molecule has 0 saturated carbocycles. The molecule has 6 N–H and O–H groups in total. The lowest BCUT2D eigenvalue weighted by Gasteiger charge is -2.23. The highest BCUT2D eigenvalue weighted by atomic mass is 16.8. The first-order valence-corrected chi connectivity index (χ1v) is 8.20. The average molecular weight is 346 g/mol. The third kappa shape index (κ3) is 12.2. The standard InChI is InChI=1S/C15H24O.C2H6O6/c1-2-3-4-5-6-7-11-14-16-15-12-9-8-10-13-15;3-1(4,5)2(6,7)8/h8-10,12-13H,2-7,11,14H2,1H3;3-8H. The molecule has 0 aromatic heterocycles. The Morgan fingerprint density at radius 3 is 1.62 bits per heavy atom. The minimum atomic E-state index is -3.90. The molecule has 0 fully saturated rings. The second kappa shape index (κ2) is 12.2. The van der Waals surface area contributed by atoms with Gasteiger partial charge in [-0.3, -0.25) is 0 Å². The molecule has 140 valence electrons. The summed E-state index contributed by atoms with van der Waals surface area (Å²) in [6.07, 6.45) is 9.35. The van der Waals surface area contributed by atoms with Crippen LogP contribution in [0.1, 0.15) is 51.9 Å². The number of aliphatic hydroxyl groups is 6. The van der Waals surface area contributed by atoms with Crippen LogP contribution in [-0.2, 0) is 0 Å². The van der Waals surface area contributed by atoms with E-state index in [0.29, 0.717) is 0 Å². The van der Waals surface area contributed by atoms with Gasteiger partial charge < -0.3 is 35.4 Å². The molecule has 7 nitrogen and oxygen atoms in total. The quantitative estimate of drug-likeness (QED) is 0.276. The van der Waals surface area contributed by atoms with Crippen molar-refractivity contribution in [3.63, 3.8) is 0 Å². The van der Waals surface area contributed by atoms with Crippen molar-refractivity contribution in [3.05, 3.63) is 30.3 Å². The van der Waals surface area contributed by atoms with E-state index in [9.17, 15) is 0 Å². The zero-order valence-corrected chi connectivity index (χ0v) is 14.1. The lowest BCUT2D eigenvalue weighted by molar-refractivity contribution is -0.512. The summed E-state index contributed by atoms with van der Waals surface area (Å²) < 4.78 is 5.63. The molecule has 0 radical (unpaired) electrons. The van der Waals surface area contributed by atoms with Gasteiger partial charge in [-0.05, 0) is 18.6 Å². The van der Waals surface area contributed by atoms with Gasteiger partial charge in [0.15, 0.2) is 0 Å². The highest BCUT2D eigenvalue weighted by Gasteiger charge is 2.44. The van der Waals surface area contributed by atoms with E-state index >= 15 is 0 Å². The molecule has 0 aliphatic carbocycles. The molecule has 1 aromatic rings. The molecular formula is C17H30O7. The van der Waals surface area contributed by atoms with Crippen LogP contribution in [-0.4, -0.2) is 49.2 Å². The summed E-state index contributed by atoms with van der Waals surface area (Å²) in [6, 6.07) is 10.1. The lowest BCUT2D eigenvalue weighted by atomic mass is 10.1. The molecule has 0 unspecified atom stereocenters. The van der Waals surface area contributed by atoms with E-state index in [1.807, 2.05) is 30.3 Å². The van der Waals surface area contributed by atoms with Crippen LogP contribution >= 0.6 is 0 Å². The summed E-state index contributed by atoms with van der Waals surface area (Å²) in [5, 5.41) is 46.3. The molecule has 0 aliphatic heterocycles. The van der Waals surface area contributed by atoms with Crippen molar-refractivity contribution in [1.82, 2.24) is 0 Å². The maximum atomic E-state index is 7.72. The fourth-order valence-electron chi connectivity index (χ4n) is 1.77. The molecule has 1 rings (SSSR count). The molecule has 0 spiro atoms. The number of para-hydroxylation sites is 1. The van der Waals surface area contributed by atoms with E-state index in [1.54, 1.807) is 0 Å². The van der Waals surface area contributed by atoms with Crippen molar-refractivity contribution in [3.8, 4) is 5.75 Å². The maximum absolute atomic E-state index is 7.72. The van der Waals surface area contributed by atoms with Crippen LogP contribution in [0.4, 0.5) is 0 Å². The molecule has 0 atom stereocenters. The van der Waals surface area contributed by atoms with Gasteiger partial charge in [0.1, 0.15) is 5.75 Å². The lowest BCUT2D eigenvalue weighted by Crippen LogP contribution is -2.54. The molecule has 0 aliphatic rings. The second-order valence-corrected chi connectivity index (χ2v) is 5.55. The van der Waals surface area contributed by atoms with Gasteiger partial charge in [-0.15, -0.1) is 0 Å². The van der Waals surface area contributed by atoms with Crippen molar-refractivity contribution in [1.29, 1.82) is 0 Å². The van der Waals surface area contributed by atoms with Crippen LogP contribution in [0.5, 0.6) is 5.75 Å². The number of rotatable bonds is 10. The van der Waals surface area contributed by atoms with E-state index in [0.717, 1.165) is 12.4 Å². The largest absolute Gasteiger partial charge is 0.494 e. The van der Waals surface area contributed by atoms with Gasteiger partial charge in [-0.1, -0.05) is 63.6 Å². The fraction of sp³-hybridized carbons (Fsp3) is 0.647. The SMILES string of the molecule is CCCCCCCCCOc1ccccc1.OC(O)(O)C(O)(O)O. The number of hydrogen-bond acceptors (Lipinski definition) is 7. The molecule has 1 aromatic carbocycles. The maximum Gasteiger partial charge on any atom is 0.362 e. The van der Waals surface area contributed by atoms with E-state index in [-0.39, 0.29) is 0 Å². The van der Waals surface area contributed by atoms with Gasteiger partial charge in [-0.2, -0.15) is 0 Å². The number of benzene rings is 1. The summed E-state index contributed by atoms with van der Waals surface area (Å²) in [5.74, 6) is -6.80. The van der Waals surface area contributed by atoms with Gasteiger partial charge in [0, 0.05) is 0 Å². The Balaban J connectivity index is 0.000000561. The van der Waals surface area contributed by atoms with Gasteiger partial charge >= 0.3 is 11.9 Å². The van der Waals surface area contributed by atoms with Crippen LogP contribution in [0.2, 0.25) is 0 Å². The summed E-state index contributed by atoms with van der Waals surface area (Å²) >= 11 is 0. The molecule has 7 heteroatoms. The number of unbranched alkanes of at least 4 members (excludes halogenated alkanes) is 6. The average Bonchev–Trinajstić information content (AvgIpc) is 2.50. The number of hydrogen-bond donors (Lipinski definition) is 6. The third-order valence-corrected chi connectivity index (χ3v) is 3.21. The molecule has 0 amide bonds. The minimum absolute atomic E-state index is 0.859. The van der Waals surface area contributed by atoms with Crippen molar-refractivity contribution in [2.75, 3.05) is 6.61 Å².